The van der Waals surface area contributed by atoms with Gasteiger partial charge in [-0.1, -0.05) is 19.1 Å². The highest BCUT2D eigenvalue weighted by molar-refractivity contribution is 6.07. The van der Waals surface area contributed by atoms with Crippen LogP contribution in [0.2, 0.25) is 0 Å². The van der Waals surface area contributed by atoms with E-state index in [9.17, 15) is 4.79 Å². The number of fused-ring (bicyclic) bond motifs is 1. The Morgan fingerprint density at radius 1 is 1.04 bits per heavy atom. The summed E-state index contributed by atoms with van der Waals surface area (Å²) in [6.07, 6.45) is 0.925. The number of nitrogens with zero attached hydrogens (tertiary/aromatic N) is 2. The van der Waals surface area contributed by atoms with Gasteiger partial charge in [0.05, 0.1) is 18.1 Å². The molecule has 0 aliphatic heterocycles. The van der Waals surface area contributed by atoms with Gasteiger partial charge in [-0.05, 0) is 42.8 Å². The van der Waals surface area contributed by atoms with E-state index < -0.39 is 0 Å². The van der Waals surface area contributed by atoms with E-state index in [2.05, 4.69) is 27.5 Å². The minimum absolute atomic E-state index is 0.281. The summed E-state index contributed by atoms with van der Waals surface area (Å²) >= 11 is 0. The van der Waals surface area contributed by atoms with Crippen molar-refractivity contribution in [3.8, 4) is 5.75 Å². The van der Waals surface area contributed by atoms with Crippen LogP contribution >= 0.6 is 0 Å². The molecule has 0 bridgehead atoms. The van der Waals surface area contributed by atoms with Crippen molar-refractivity contribution in [2.24, 2.45) is 0 Å². The van der Waals surface area contributed by atoms with E-state index in [-0.39, 0.29) is 11.6 Å². The summed E-state index contributed by atoms with van der Waals surface area (Å²) in [4.78, 5) is 21.8. The average molecular weight is 336 g/mol. The number of aromatic nitrogens is 2. The number of anilines is 2. The van der Waals surface area contributed by atoms with Crippen LogP contribution in [-0.4, -0.2) is 29.5 Å². The lowest BCUT2D eigenvalue weighted by atomic mass is 10.2. The molecule has 0 atom stereocenters. The normalized spacial score (nSPS) is 10.5. The minimum atomic E-state index is -0.304. The molecular weight excluding hydrogens is 316 g/mol. The van der Waals surface area contributed by atoms with Gasteiger partial charge in [-0.25, -0.2) is 9.97 Å². The largest absolute Gasteiger partial charge is 0.497 e. The number of rotatable bonds is 6. The number of carbonyl (C=O) groups is 1. The molecule has 6 nitrogen and oxygen atoms in total. The molecule has 0 aliphatic rings. The van der Waals surface area contributed by atoms with E-state index in [1.54, 1.807) is 31.4 Å². The predicted octanol–water partition coefficient (Wildman–Crippen LogP) is 3.71. The van der Waals surface area contributed by atoms with Gasteiger partial charge in [0.15, 0.2) is 11.5 Å². The summed E-state index contributed by atoms with van der Waals surface area (Å²) in [5.41, 5.74) is 2.39. The van der Waals surface area contributed by atoms with Crippen LogP contribution in [0.3, 0.4) is 0 Å². The molecule has 0 unspecified atom stereocenters. The number of nitrogens with one attached hydrogen (secondary N) is 2. The van der Waals surface area contributed by atoms with Crippen LogP contribution in [0.4, 0.5) is 11.5 Å². The fourth-order valence-electron chi connectivity index (χ4n) is 2.39. The minimum Gasteiger partial charge on any atom is -0.497 e. The second-order valence-corrected chi connectivity index (χ2v) is 5.52. The van der Waals surface area contributed by atoms with Crippen molar-refractivity contribution < 1.29 is 9.53 Å². The lowest BCUT2D eigenvalue weighted by Crippen LogP contribution is -2.18. The third kappa shape index (κ3) is 3.85. The van der Waals surface area contributed by atoms with Gasteiger partial charge < -0.3 is 15.4 Å². The van der Waals surface area contributed by atoms with Gasteiger partial charge in [0, 0.05) is 12.2 Å². The van der Waals surface area contributed by atoms with E-state index in [1.165, 1.54) is 0 Å². The lowest BCUT2D eigenvalue weighted by molar-refractivity contribution is 0.102. The molecule has 0 aliphatic carbocycles. The van der Waals surface area contributed by atoms with E-state index in [0.717, 1.165) is 24.2 Å². The van der Waals surface area contributed by atoms with Crippen molar-refractivity contribution in [1.29, 1.82) is 0 Å². The molecule has 128 valence electrons. The summed E-state index contributed by atoms with van der Waals surface area (Å²) in [6, 6.07) is 14.6. The van der Waals surface area contributed by atoms with Crippen LogP contribution in [0, 0.1) is 0 Å². The number of hydrogen-bond acceptors (Lipinski definition) is 5. The Balaban J connectivity index is 1.92. The Bertz CT molecular complexity index is 878. The van der Waals surface area contributed by atoms with Crippen molar-refractivity contribution in [2.45, 2.75) is 13.3 Å². The topological polar surface area (TPSA) is 76.1 Å². The molecule has 1 amide bonds. The molecule has 1 heterocycles. The smallest absolute Gasteiger partial charge is 0.278 e. The average Bonchev–Trinajstić information content (AvgIpc) is 2.66. The molecule has 0 saturated heterocycles. The zero-order valence-corrected chi connectivity index (χ0v) is 14.2. The van der Waals surface area contributed by atoms with E-state index >= 15 is 0 Å². The van der Waals surface area contributed by atoms with Crippen molar-refractivity contribution in [2.75, 3.05) is 24.3 Å². The van der Waals surface area contributed by atoms with E-state index in [4.69, 9.17) is 4.74 Å². The monoisotopic (exact) mass is 336 g/mol. The fraction of sp³-hybridized carbons (Fsp3) is 0.211. The second-order valence-electron chi connectivity index (χ2n) is 5.52. The first-order valence-corrected chi connectivity index (χ1v) is 8.17. The maximum atomic E-state index is 12.7. The summed E-state index contributed by atoms with van der Waals surface area (Å²) in [6.45, 7) is 2.77. The van der Waals surface area contributed by atoms with Crippen LogP contribution in [0.15, 0.2) is 48.5 Å². The molecule has 0 spiro atoms. The second kappa shape index (κ2) is 7.61. The van der Waals surface area contributed by atoms with Gasteiger partial charge in [-0.2, -0.15) is 0 Å². The molecule has 2 aromatic carbocycles. The standard InChI is InChI=1S/C19H20N4O2/c1-3-12-20-18-17(22-15-6-4-5-7-16(15)23-18)19(24)21-13-8-10-14(25-2)11-9-13/h4-11H,3,12H2,1-2H3,(H,20,23)(H,21,24). The molecule has 3 aromatic rings. The van der Waals surface area contributed by atoms with Crippen molar-refractivity contribution in [3.63, 3.8) is 0 Å². The van der Waals surface area contributed by atoms with Crippen molar-refractivity contribution >= 4 is 28.4 Å². The third-order valence-electron chi connectivity index (χ3n) is 3.68. The molecule has 0 fully saturated rings. The maximum Gasteiger partial charge on any atom is 0.278 e. The summed E-state index contributed by atoms with van der Waals surface area (Å²) in [5, 5.41) is 6.04. The first kappa shape index (κ1) is 16.7. The number of amides is 1. The summed E-state index contributed by atoms with van der Waals surface area (Å²) in [7, 11) is 1.60. The van der Waals surface area contributed by atoms with Gasteiger partial charge >= 0.3 is 0 Å². The molecule has 0 saturated carbocycles. The molecule has 3 rings (SSSR count). The number of carbonyl (C=O) groups excluding carboxylic acids is 1. The molecule has 25 heavy (non-hydrogen) atoms. The fourth-order valence-corrected chi connectivity index (χ4v) is 2.39. The van der Waals surface area contributed by atoms with Gasteiger partial charge in [0.25, 0.3) is 5.91 Å². The lowest BCUT2D eigenvalue weighted by Gasteiger charge is -2.12. The first-order chi connectivity index (χ1) is 12.2. The van der Waals surface area contributed by atoms with E-state index in [1.807, 2.05) is 24.3 Å². The van der Waals surface area contributed by atoms with Crippen LogP contribution in [-0.2, 0) is 0 Å². The molecule has 0 radical (unpaired) electrons. The van der Waals surface area contributed by atoms with Gasteiger partial charge in [0.1, 0.15) is 5.75 Å². The van der Waals surface area contributed by atoms with Crippen LogP contribution < -0.4 is 15.4 Å². The van der Waals surface area contributed by atoms with Crippen LogP contribution in [0.5, 0.6) is 5.75 Å². The van der Waals surface area contributed by atoms with E-state index in [0.29, 0.717) is 17.0 Å². The zero-order chi connectivity index (χ0) is 17.6. The zero-order valence-electron chi connectivity index (χ0n) is 14.2. The predicted molar refractivity (Wildman–Crippen MR) is 99.3 cm³/mol. The van der Waals surface area contributed by atoms with Gasteiger partial charge in [-0.3, -0.25) is 4.79 Å². The first-order valence-electron chi connectivity index (χ1n) is 8.17. The maximum absolute atomic E-state index is 12.7. The Morgan fingerprint density at radius 2 is 1.72 bits per heavy atom. The van der Waals surface area contributed by atoms with Gasteiger partial charge in [-0.15, -0.1) is 0 Å². The van der Waals surface area contributed by atoms with Crippen molar-refractivity contribution in [1.82, 2.24) is 9.97 Å². The highest BCUT2D eigenvalue weighted by Crippen LogP contribution is 2.20. The molecular formula is C19H20N4O2. The van der Waals surface area contributed by atoms with Crippen LogP contribution in [0.25, 0.3) is 11.0 Å². The molecule has 6 heteroatoms. The number of ether oxygens (including phenoxy) is 1. The number of benzene rings is 2. The number of hydrogen-bond donors (Lipinski definition) is 2. The van der Waals surface area contributed by atoms with Crippen molar-refractivity contribution in [3.05, 3.63) is 54.2 Å². The number of methoxy groups -OCH3 is 1. The summed E-state index contributed by atoms with van der Waals surface area (Å²) in [5.74, 6) is 0.919. The Labute approximate surface area is 146 Å². The molecule has 1 aromatic heterocycles. The number of para-hydroxylation sites is 2. The Kier molecular flexibility index (Phi) is 5.09. The third-order valence-corrected chi connectivity index (χ3v) is 3.68. The quantitative estimate of drug-likeness (QED) is 0.717. The highest BCUT2D eigenvalue weighted by Gasteiger charge is 2.16. The SMILES string of the molecule is CCCNc1nc2ccccc2nc1C(=O)Nc1ccc(OC)cc1. The van der Waals surface area contributed by atoms with Crippen LogP contribution in [0.1, 0.15) is 23.8 Å². The Hall–Kier alpha value is -3.15. The highest BCUT2D eigenvalue weighted by atomic mass is 16.5. The Morgan fingerprint density at radius 3 is 2.36 bits per heavy atom. The van der Waals surface area contributed by atoms with Gasteiger partial charge in [0.2, 0.25) is 0 Å². The molecule has 2 N–H and O–H groups in total. The summed E-state index contributed by atoms with van der Waals surface area (Å²) < 4.78 is 5.13.